The Morgan fingerprint density at radius 1 is 0.955 bits per heavy atom. The first-order chi connectivity index (χ1) is 10.3. The molecule has 2 aromatic carbocycles. The van der Waals surface area contributed by atoms with E-state index in [2.05, 4.69) is 0 Å². The molecule has 0 saturated carbocycles. The predicted octanol–water partition coefficient (Wildman–Crippen LogP) is 4.08. The van der Waals surface area contributed by atoms with Crippen molar-refractivity contribution >= 4 is 5.91 Å². The molecule has 0 aliphatic heterocycles. The largest absolute Gasteiger partial charge is 0.335 e. The Morgan fingerprint density at radius 3 is 2.09 bits per heavy atom. The molecule has 0 saturated heterocycles. The Morgan fingerprint density at radius 2 is 1.55 bits per heavy atom. The molecule has 116 valence electrons. The van der Waals surface area contributed by atoms with Crippen molar-refractivity contribution in [1.82, 2.24) is 4.90 Å². The van der Waals surface area contributed by atoms with Gasteiger partial charge in [-0.15, -0.1) is 0 Å². The number of carbonyl (C=O) groups excluding carboxylic acids is 1. The van der Waals surface area contributed by atoms with Crippen molar-refractivity contribution in [2.45, 2.75) is 13.0 Å². The van der Waals surface area contributed by atoms with Crippen LogP contribution in [0.25, 0.3) is 0 Å². The molecule has 2 rings (SSSR count). The summed E-state index contributed by atoms with van der Waals surface area (Å²) < 4.78 is 52.5. The van der Waals surface area contributed by atoms with Crippen LogP contribution in [-0.4, -0.2) is 17.9 Å². The van der Waals surface area contributed by atoms with Gasteiger partial charge in [-0.25, -0.2) is 17.6 Å². The zero-order valence-electron chi connectivity index (χ0n) is 11.9. The predicted molar refractivity (Wildman–Crippen MR) is 73.2 cm³/mol. The van der Waals surface area contributed by atoms with E-state index in [4.69, 9.17) is 0 Å². The molecule has 0 N–H and O–H groups in total. The summed E-state index contributed by atoms with van der Waals surface area (Å²) in [5.41, 5.74) is 0.209. The van der Waals surface area contributed by atoms with E-state index in [0.717, 1.165) is 24.3 Å². The number of rotatable bonds is 3. The van der Waals surface area contributed by atoms with Crippen LogP contribution in [0.3, 0.4) is 0 Å². The monoisotopic (exact) mass is 311 g/mol. The summed E-state index contributed by atoms with van der Waals surface area (Å²) in [4.78, 5) is 13.4. The van der Waals surface area contributed by atoms with Crippen molar-refractivity contribution in [3.63, 3.8) is 0 Å². The summed E-state index contributed by atoms with van der Waals surface area (Å²) in [6.07, 6.45) is 0. The molecule has 0 aliphatic rings. The smallest absolute Gasteiger partial charge is 0.254 e. The van der Waals surface area contributed by atoms with Crippen LogP contribution in [0.5, 0.6) is 0 Å². The Kier molecular flexibility index (Phi) is 4.49. The van der Waals surface area contributed by atoms with Crippen LogP contribution in [-0.2, 0) is 0 Å². The zero-order chi connectivity index (χ0) is 16.4. The van der Waals surface area contributed by atoms with E-state index in [1.807, 2.05) is 0 Å². The average Bonchev–Trinajstić information content (AvgIpc) is 2.46. The van der Waals surface area contributed by atoms with Gasteiger partial charge in [0.15, 0.2) is 11.6 Å². The second kappa shape index (κ2) is 6.17. The lowest BCUT2D eigenvalue weighted by Crippen LogP contribution is -2.30. The van der Waals surface area contributed by atoms with Crippen LogP contribution in [0.2, 0.25) is 0 Å². The topological polar surface area (TPSA) is 20.3 Å². The van der Waals surface area contributed by atoms with E-state index in [9.17, 15) is 22.4 Å². The fraction of sp³-hybridized carbons (Fsp3) is 0.188. The van der Waals surface area contributed by atoms with Crippen LogP contribution >= 0.6 is 0 Å². The van der Waals surface area contributed by atoms with E-state index in [1.165, 1.54) is 18.0 Å². The Bertz CT molecular complexity index is 697. The normalized spacial score (nSPS) is 12.1. The summed E-state index contributed by atoms with van der Waals surface area (Å²) in [6, 6.07) is 5.18. The van der Waals surface area contributed by atoms with E-state index < -0.39 is 35.2 Å². The lowest BCUT2D eigenvalue weighted by Gasteiger charge is -2.25. The fourth-order valence-corrected chi connectivity index (χ4v) is 2.05. The summed E-state index contributed by atoms with van der Waals surface area (Å²) in [5, 5.41) is 0. The lowest BCUT2D eigenvalue weighted by molar-refractivity contribution is 0.0741. The molecule has 0 fully saturated rings. The van der Waals surface area contributed by atoms with Crippen molar-refractivity contribution in [1.29, 1.82) is 0 Å². The second-order valence-corrected chi connectivity index (χ2v) is 4.92. The van der Waals surface area contributed by atoms with Crippen molar-refractivity contribution in [3.8, 4) is 0 Å². The molecule has 0 spiro atoms. The Hall–Kier alpha value is -2.37. The number of halogens is 4. The molecular formula is C16H13F4NO. The molecule has 1 unspecified atom stereocenters. The van der Waals surface area contributed by atoms with Gasteiger partial charge in [-0.1, -0.05) is 6.07 Å². The summed E-state index contributed by atoms with van der Waals surface area (Å²) in [5.74, 6) is -4.37. The van der Waals surface area contributed by atoms with Gasteiger partial charge in [-0.3, -0.25) is 4.79 Å². The lowest BCUT2D eigenvalue weighted by atomic mass is 10.1. The molecular weight excluding hydrogens is 298 g/mol. The maximum Gasteiger partial charge on any atom is 0.254 e. The molecule has 2 aromatic rings. The molecule has 1 amide bonds. The standard InChI is InChI=1S/C16H13F4NO/c1-9(10-3-4-14(19)15(20)7-10)21(2)16(22)11-5-12(17)8-13(18)6-11/h3-9H,1-2H3. The van der Waals surface area contributed by atoms with Crippen LogP contribution in [0.4, 0.5) is 17.6 Å². The SMILES string of the molecule is CC(c1ccc(F)c(F)c1)N(C)C(=O)c1cc(F)cc(F)c1. The van der Waals surface area contributed by atoms with Crippen LogP contribution < -0.4 is 0 Å². The maximum atomic E-state index is 13.3. The van der Waals surface area contributed by atoms with Crippen molar-refractivity contribution in [2.24, 2.45) is 0 Å². The van der Waals surface area contributed by atoms with Crippen LogP contribution in [0, 0.1) is 23.3 Å². The molecule has 0 aromatic heterocycles. The highest BCUT2D eigenvalue weighted by molar-refractivity contribution is 5.94. The average molecular weight is 311 g/mol. The van der Waals surface area contributed by atoms with Gasteiger partial charge in [-0.2, -0.15) is 0 Å². The minimum Gasteiger partial charge on any atom is -0.335 e. The highest BCUT2D eigenvalue weighted by Crippen LogP contribution is 2.23. The number of carbonyl (C=O) groups is 1. The van der Waals surface area contributed by atoms with Gasteiger partial charge in [0.1, 0.15) is 11.6 Å². The van der Waals surface area contributed by atoms with Gasteiger partial charge in [0.25, 0.3) is 5.91 Å². The minimum absolute atomic E-state index is 0.158. The van der Waals surface area contributed by atoms with Gasteiger partial charge >= 0.3 is 0 Å². The van der Waals surface area contributed by atoms with Gasteiger partial charge in [-0.05, 0) is 36.8 Å². The molecule has 0 radical (unpaired) electrons. The Balaban J connectivity index is 2.27. The number of benzene rings is 2. The maximum absolute atomic E-state index is 13.3. The Labute approximate surface area is 125 Å². The zero-order valence-corrected chi connectivity index (χ0v) is 11.9. The third kappa shape index (κ3) is 3.27. The molecule has 22 heavy (non-hydrogen) atoms. The third-order valence-corrected chi connectivity index (χ3v) is 3.44. The number of hydrogen-bond acceptors (Lipinski definition) is 1. The molecule has 0 heterocycles. The minimum atomic E-state index is -1.03. The quantitative estimate of drug-likeness (QED) is 0.782. The van der Waals surface area contributed by atoms with E-state index >= 15 is 0 Å². The summed E-state index contributed by atoms with van der Waals surface area (Å²) >= 11 is 0. The molecule has 0 bridgehead atoms. The van der Waals surface area contributed by atoms with Gasteiger partial charge in [0.05, 0.1) is 6.04 Å². The van der Waals surface area contributed by atoms with E-state index in [0.29, 0.717) is 11.6 Å². The number of amides is 1. The number of nitrogens with zero attached hydrogens (tertiary/aromatic N) is 1. The highest BCUT2D eigenvalue weighted by atomic mass is 19.2. The molecule has 6 heteroatoms. The first kappa shape index (κ1) is 16.0. The van der Waals surface area contributed by atoms with Crippen molar-refractivity contribution in [3.05, 3.63) is 70.8 Å². The first-order valence-electron chi connectivity index (χ1n) is 6.48. The van der Waals surface area contributed by atoms with Crippen molar-refractivity contribution in [2.75, 3.05) is 7.05 Å². The fourth-order valence-electron chi connectivity index (χ4n) is 2.05. The van der Waals surface area contributed by atoms with E-state index in [1.54, 1.807) is 6.92 Å². The van der Waals surface area contributed by atoms with Gasteiger partial charge < -0.3 is 4.90 Å². The summed E-state index contributed by atoms with van der Waals surface area (Å²) in [7, 11) is 1.41. The van der Waals surface area contributed by atoms with Crippen molar-refractivity contribution < 1.29 is 22.4 Å². The van der Waals surface area contributed by atoms with Crippen LogP contribution in [0.1, 0.15) is 28.9 Å². The van der Waals surface area contributed by atoms with E-state index in [-0.39, 0.29) is 5.56 Å². The van der Waals surface area contributed by atoms with Gasteiger partial charge in [0.2, 0.25) is 0 Å². The molecule has 0 aliphatic carbocycles. The highest BCUT2D eigenvalue weighted by Gasteiger charge is 2.21. The molecule has 2 nitrogen and oxygen atoms in total. The first-order valence-corrected chi connectivity index (χ1v) is 6.48. The molecule has 1 atom stereocenters. The van der Waals surface area contributed by atoms with Gasteiger partial charge in [0, 0.05) is 18.7 Å². The second-order valence-electron chi connectivity index (χ2n) is 4.92. The third-order valence-electron chi connectivity index (χ3n) is 3.44. The number of hydrogen-bond donors (Lipinski definition) is 0. The van der Waals surface area contributed by atoms with Crippen LogP contribution in [0.15, 0.2) is 36.4 Å². The summed E-state index contributed by atoms with van der Waals surface area (Å²) in [6.45, 7) is 1.60.